The maximum absolute atomic E-state index is 12.7. The summed E-state index contributed by atoms with van der Waals surface area (Å²) >= 11 is 0. The molecule has 1 N–H and O–H groups in total. The van der Waals surface area contributed by atoms with Crippen LogP contribution in [-0.4, -0.2) is 74.9 Å². The summed E-state index contributed by atoms with van der Waals surface area (Å²) < 4.78 is 34.2. The van der Waals surface area contributed by atoms with Crippen molar-refractivity contribution < 1.29 is 42.1 Å². The predicted octanol–water partition coefficient (Wildman–Crippen LogP) is 12.5. The van der Waals surface area contributed by atoms with Gasteiger partial charge in [0, 0.05) is 12.8 Å². The summed E-state index contributed by atoms with van der Waals surface area (Å²) in [7, 11) is 1.44. The van der Waals surface area contributed by atoms with Crippen LogP contribution in [0.25, 0.3) is 0 Å². The molecule has 0 fully saturated rings. The number of likely N-dealkylation sites (N-methyl/N-ethyl adjacent to an activating group) is 1. The van der Waals surface area contributed by atoms with E-state index in [1.54, 1.807) is 0 Å². The third-order valence-corrected chi connectivity index (χ3v) is 10.0. The van der Waals surface area contributed by atoms with E-state index in [2.05, 4.69) is 74.6 Å². The molecule has 0 spiro atoms. The first kappa shape index (κ1) is 53.7. The van der Waals surface area contributed by atoms with Crippen LogP contribution in [0.5, 0.6) is 0 Å². The molecule has 0 saturated heterocycles. The Balaban J connectivity index is 4.43. The van der Waals surface area contributed by atoms with Crippen molar-refractivity contribution in [2.45, 2.75) is 174 Å². The molecule has 0 aromatic rings. The van der Waals surface area contributed by atoms with Gasteiger partial charge in [-0.05, 0) is 77.0 Å². The van der Waals surface area contributed by atoms with Gasteiger partial charge < -0.3 is 18.9 Å². The van der Waals surface area contributed by atoms with Crippen molar-refractivity contribution >= 4 is 19.8 Å². The first-order valence-electron chi connectivity index (χ1n) is 22.0. The highest BCUT2D eigenvalue weighted by Crippen LogP contribution is 2.43. The Bertz CT molecular complexity index is 1140. The minimum atomic E-state index is -4.39. The summed E-state index contributed by atoms with van der Waals surface area (Å²) in [5.41, 5.74) is 0. The quantitative estimate of drug-likeness (QED) is 0.0215. The third kappa shape index (κ3) is 41.3. The molecular formula is C46H83NO8P+. The molecule has 0 radical (unpaired) electrons. The molecule has 0 rings (SSSR count). The second-order valence-corrected chi connectivity index (χ2v) is 17.1. The summed E-state index contributed by atoms with van der Waals surface area (Å²) in [6.45, 7) is 4.24. The van der Waals surface area contributed by atoms with Crippen molar-refractivity contribution in [3.63, 3.8) is 0 Å². The molecule has 0 saturated carbocycles. The number of allylic oxidation sites excluding steroid dienone is 10. The second-order valence-electron chi connectivity index (χ2n) is 15.7. The maximum atomic E-state index is 12.7. The largest absolute Gasteiger partial charge is 0.472 e. The van der Waals surface area contributed by atoms with Crippen molar-refractivity contribution in [1.29, 1.82) is 0 Å². The van der Waals surface area contributed by atoms with Crippen LogP contribution in [0.4, 0.5) is 0 Å². The number of unbranched alkanes of at least 4 members (excludes halogenated alkanes) is 15. The molecule has 0 aromatic heterocycles. The molecule has 0 aliphatic heterocycles. The maximum Gasteiger partial charge on any atom is 0.472 e. The Labute approximate surface area is 343 Å². The van der Waals surface area contributed by atoms with Gasteiger partial charge in [-0.1, -0.05) is 139 Å². The van der Waals surface area contributed by atoms with Crippen LogP contribution >= 0.6 is 7.82 Å². The number of rotatable bonds is 39. The lowest BCUT2D eigenvalue weighted by atomic mass is 10.1. The van der Waals surface area contributed by atoms with E-state index in [-0.39, 0.29) is 32.0 Å². The van der Waals surface area contributed by atoms with Crippen molar-refractivity contribution in [2.24, 2.45) is 0 Å². The van der Waals surface area contributed by atoms with E-state index in [1.807, 2.05) is 21.1 Å². The predicted molar refractivity (Wildman–Crippen MR) is 233 cm³/mol. The number of ether oxygens (including phenoxy) is 2. The highest BCUT2D eigenvalue weighted by Gasteiger charge is 2.27. The molecular weight excluding hydrogens is 725 g/mol. The molecule has 0 aromatic carbocycles. The average molecular weight is 809 g/mol. The molecule has 1 unspecified atom stereocenters. The number of quaternary nitrogens is 1. The Hall–Kier alpha value is -2.29. The first-order chi connectivity index (χ1) is 27.0. The Kier molecular flexibility index (Phi) is 36.7. The van der Waals surface area contributed by atoms with E-state index in [9.17, 15) is 19.0 Å². The standard InChI is InChI=1S/C46H82NO8P/c1-6-8-10-12-14-16-18-20-22-23-25-26-28-30-32-34-36-38-45(48)52-42-44(43-54-56(50,51)53-41-40-47(3,4)5)55-46(49)39-37-35-33-31-29-27-24-21-19-17-15-13-11-9-7-2/h9,11,15,17,20-22,24,29,31,44H,6-8,10,12-14,16,18-19,23,25-28,30,32-43H2,1-5H3/p+1/b11-9-,17-15-,22-20-,24-21-,31-29-/t44-/m1/s1. The average Bonchev–Trinajstić information content (AvgIpc) is 3.15. The lowest BCUT2D eigenvalue weighted by Gasteiger charge is -2.24. The Morgan fingerprint density at radius 2 is 1.02 bits per heavy atom. The zero-order valence-corrected chi connectivity index (χ0v) is 37.2. The number of hydrogen-bond donors (Lipinski definition) is 1. The van der Waals surface area contributed by atoms with Crippen molar-refractivity contribution in [1.82, 2.24) is 0 Å². The topological polar surface area (TPSA) is 108 Å². The van der Waals surface area contributed by atoms with Crippen LogP contribution in [0.2, 0.25) is 0 Å². The smallest absolute Gasteiger partial charge is 0.462 e. The minimum absolute atomic E-state index is 0.0205. The van der Waals surface area contributed by atoms with E-state index in [0.29, 0.717) is 17.4 Å². The van der Waals surface area contributed by atoms with E-state index in [1.165, 1.54) is 64.2 Å². The molecule has 0 bridgehead atoms. The molecule has 56 heavy (non-hydrogen) atoms. The van der Waals surface area contributed by atoms with Gasteiger partial charge in [-0.25, -0.2) is 4.57 Å². The second kappa shape index (κ2) is 38.2. The SMILES string of the molecule is CC/C=C\C/C=C\C/C=C\C/C=C\CCCCC(=O)O[C@H](COC(=O)CCCCCCCCC/C=C\CCCCCCCC)COP(=O)(O)OCC[N+](C)(C)C. The number of esters is 2. The number of nitrogens with zero attached hydrogens (tertiary/aromatic N) is 1. The zero-order valence-electron chi connectivity index (χ0n) is 36.3. The van der Waals surface area contributed by atoms with Gasteiger partial charge in [-0.2, -0.15) is 0 Å². The number of phosphoric acid groups is 1. The van der Waals surface area contributed by atoms with Crippen molar-refractivity contribution in [3.8, 4) is 0 Å². The van der Waals surface area contributed by atoms with Gasteiger partial charge in [-0.15, -0.1) is 0 Å². The minimum Gasteiger partial charge on any atom is -0.462 e. The molecule has 0 aliphatic rings. The fourth-order valence-electron chi connectivity index (χ4n) is 5.59. The first-order valence-corrected chi connectivity index (χ1v) is 23.5. The van der Waals surface area contributed by atoms with Gasteiger partial charge in [-0.3, -0.25) is 18.6 Å². The van der Waals surface area contributed by atoms with Crippen LogP contribution < -0.4 is 0 Å². The number of phosphoric ester groups is 1. The van der Waals surface area contributed by atoms with Gasteiger partial charge >= 0.3 is 19.8 Å². The summed E-state index contributed by atoms with van der Waals surface area (Å²) in [5.74, 6) is -0.856. The third-order valence-electron chi connectivity index (χ3n) is 9.03. The Morgan fingerprint density at radius 1 is 0.571 bits per heavy atom. The summed E-state index contributed by atoms with van der Waals surface area (Å²) in [4.78, 5) is 35.3. The van der Waals surface area contributed by atoms with E-state index >= 15 is 0 Å². The molecule has 0 heterocycles. The van der Waals surface area contributed by atoms with Crippen LogP contribution in [0.15, 0.2) is 60.8 Å². The van der Waals surface area contributed by atoms with Crippen molar-refractivity contribution in [3.05, 3.63) is 60.8 Å². The molecule has 324 valence electrons. The van der Waals surface area contributed by atoms with Crippen molar-refractivity contribution in [2.75, 3.05) is 47.5 Å². The summed E-state index contributed by atoms with van der Waals surface area (Å²) in [5, 5.41) is 0. The zero-order chi connectivity index (χ0) is 41.4. The van der Waals surface area contributed by atoms with Gasteiger partial charge in [0.15, 0.2) is 6.10 Å². The van der Waals surface area contributed by atoms with Crippen LogP contribution in [0.3, 0.4) is 0 Å². The molecule has 9 nitrogen and oxygen atoms in total. The summed E-state index contributed by atoms with van der Waals surface area (Å²) in [6, 6.07) is 0. The number of carbonyl (C=O) groups is 2. The highest BCUT2D eigenvalue weighted by molar-refractivity contribution is 7.47. The lowest BCUT2D eigenvalue weighted by molar-refractivity contribution is -0.870. The van der Waals surface area contributed by atoms with Gasteiger partial charge in [0.2, 0.25) is 0 Å². The van der Waals surface area contributed by atoms with E-state index in [0.717, 1.165) is 70.6 Å². The van der Waals surface area contributed by atoms with Gasteiger partial charge in [0.1, 0.15) is 19.8 Å². The number of hydrogen-bond acceptors (Lipinski definition) is 7. The van der Waals surface area contributed by atoms with Crippen LogP contribution in [0, 0.1) is 0 Å². The molecule has 0 aliphatic carbocycles. The van der Waals surface area contributed by atoms with Gasteiger partial charge in [0.25, 0.3) is 0 Å². The molecule has 0 amide bonds. The monoisotopic (exact) mass is 809 g/mol. The van der Waals surface area contributed by atoms with Gasteiger partial charge in [0.05, 0.1) is 27.7 Å². The fraction of sp³-hybridized carbons (Fsp3) is 0.739. The lowest BCUT2D eigenvalue weighted by Crippen LogP contribution is -2.37. The fourth-order valence-corrected chi connectivity index (χ4v) is 6.33. The highest BCUT2D eigenvalue weighted by atomic mass is 31.2. The molecule has 10 heteroatoms. The van der Waals surface area contributed by atoms with E-state index < -0.39 is 26.5 Å². The molecule has 2 atom stereocenters. The number of carbonyl (C=O) groups excluding carboxylic acids is 2. The Morgan fingerprint density at radius 3 is 1.57 bits per heavy atom. The normalized spacial score (nSPS) is 14.2. The van der Waals surface area contributed by atoms with E-state index in [4.69, 9.17) is 18.5 Å². The van der Waals surface area contributed by atoms with Crippen LogP contribution in [-0.2, 0) is 32.7 Å². The summed E-state index contributed by atoms with van der Waals surface area (Å²) in [6.07, 6.45) is 45.6. The van der Waals surface area contributed by atoms with Crippen LogP contribution in [0.1, 0.15) is 168 Å².